The monoisotopic (exact) mass is 493 g/mol. The van der Waals surface area contributed by atoms with Gasteiger partial charge in [-0.05, 0) is 35.9 Å². The van der Waals surface area contributed by atoms with Gasteiger partial charge >= 0.3 is 0 Å². The minimum atomic E-state index is -3.61. The van der Waals surface area contributed by atoms with E-state index in [-0.39, 0.29) is 10.0 Å². The lowest BCUT2D eigenvalue weighted by Crippen LogP contribution is -2.48. The summed E-state index contributed by atoms with van der Waals surface area (Å²) in [4.78, 5) is 18.1. The summed E-state index contributed by atoms with van der Waals surface area (Å²) in [5, 5.41) is 0.745. The van der Waals surface area contributed by atoms with Gasteiger partial charge in [0.1, 0.15) is 15.9 Å². The molecule has 2 aromatic heterocycles. The van der Waals surface area contributed by atoms with Gasteiger partial charge in [0.25, 0.3) is 10.0 Å². The molecule has 12 heteroatoms. The Labute approximate surface area is 193 Å². The van der Waals surface area contributed by atoms with Gasteiger partial charge in [-0.3, -0.25) is 4.79 Å². The number of benzene rings is 1. The number of hydrogen-bond donors (Lipinski definition) is 1. The van der Waals surface area contributed by atoms with Crippen LogP contribution in [0.1, 0.15) is 16.3 Å². The number of nitrogens with zero attached hydrogens (tertiary/aromatic N) is 4. The molecule has 3 aromatic rings. The van der Waals surface area contributed by atoms with Crippen molar-refractivity contribution in [2.24, 2.45) is 5.73 Å². The van der Waals surface area contributed by atoms with E-state index in [1.807, 2.05) is 4.90 Å². The van der Waals surface area contributed by atoms with Crippen molar-refractivity contribution in [2.45, 2.75) is 10.6 Å². The highest BCUT2D eigenvalue weighted by molar-refractivity contribution is 7.91. The van der Waals surface area contributed by atoms with Crippen LogP contribution in [-0.2, 0) is 21.2 Å². The van der Waals surface area contributed by atoms with Crippen LogP contribution < -0.4 is 10.6 Å². The van der Waals surface area contributed by atoms with E-state index >= 15 is 0 Å². The summed E-state index contributed by atoms with van der Waals surface area (Å²) in [5.74, 6) is -0.215. The Bertz CT molecular complexity index is 1230. The number of carbonyl (C=O) groups excluding carboxylic acids is 1. The molecule has 1 aromatic carbocycles. The predicted octanol–water partition coefficient (Wildman–Crippen LogP) is 2.34. The van der Waals surface area contributed by atoms with Crippen molar-refractivity contribution in [3.63, 3.8) is 0 Å². The number of carbonyl (C=O) groups is 1. The van der Waals surface area contributed by atoms with Gasteiger partial charge in [-0.2, -0.15) is 8.68 Å². The average Bonchev–Trinajstić information content (AvgIpc) is 3.44. The topological polar surface area (TPSA) is 109 Å². The number of hydrogen-bond acceptors (Lipinski definition) is 8. The van der Waals surface area contributed by atoms with E-state index in [9.17, 15) is 17.6 Å². The van der Waals surface area contributed by atoms with E-state index in [1.54, 1.807) is 24.3 Å². The van der Waals surface area contributed by atoms with Crippen LogP contribution in [0.15, 0.2) is 46.7 Å². The standard InChI is InChI=1S/C20H20FN5O3S3/c21-15-3-1-14(2-4-15)13-18-23-20(31-24-18)25-9-11-26(12-10-25)32(28,29)19-8-6-16(30-19)5-7-17(22)27/h1-8H,9-13H2,(H2,22,27). The molecule has 168 valence electrons. The Hall–Kier alpha value is -2.67. The van der Waals surface area contributed by atoms with Crippen molar-refractivity contribution in [3.05, 3.63) is 64.6 Å². The number of anilines is 1. The van der Waals surface area contributed by atoms with Crippen molar-refractivity contribution in [1.29, 1.82) is 0 Å². The summed E-state index contributed by atoms with van der Waals surface area (Å²) in [6, 6.07) is 9.43. The number of rotatable bonds is 7. The molecule has 0 radical (unpaired) electrons. The predicted molar refractivity (Wildman–Crippen MR) is 123 cm³/mol. The number of piperazine rings is 1. The van der Waals surface area contributed by atoms with Gasteiger partial charge in [-0.1, -0.05) is 12.1 Å². The van der Waals surface area contributed by atoms with Crippen molar-refractivity contribution >= 4 is 50.0 Å². The molecule has 1 amide bonds. The van der Waals surface area contributed by atoms with Gasteiger partial charge in [0.15, 0.2) is 0 Å². The molecule has 1 aliphatic heterocycles. The van der Waals surface area contributed by atoms with E-state index in [0.29, 0.717) is 43.3 Å². The van der Waals surface area contributed by atoms with Crippen molar-refractivity contribution in [1.82, 2.24) is 13.7 Å². The Morgan fingerprint density at radius 1 is 1.12 bits per heavy atom. The van der Waals surface area contributed by atoms with Crippen molar-refractivity contribution in [3.8, 4) is 0 Å². The van der Waals surface area contributed by atoms with Crippen LogP contribution in [0.3, 0.4) is 0 Å². The smallest absolute Gasteiger partial charge is 0.252 e. The fourth-order valence-electron chi connectivity index (χ4n) is 3.20. The highest BCUT2D eigenvalue weighted by Crippen LogP contribution is 2.28. The molecule has 0 aliphatic carbocycles. The highest BCUT2D eigenvalue weighted by atomic mass is 32.2. The molecule has 0 unspecified atom stereocenters. The summed E-state index contributed by atoms with van der Waals surface area (Å²) >= 11 is 2.37. The first-order valence-electron chi connectivity index (χ1n) is 9.71. The summed E-state index contributed by atoms with van der Waals surface area (Å²) in [6.07, 6.45) is 3.21. The van der Waals surface area contributed by atoms with E-state index < -0.39 is 15.9 Å². The molecule has 2 N–H and O–H groups in total. The maximum atomic E-state index is 13.1. The lowest BCUT2D eigenvalue weighted by molar-refractivity contribution is -0.113. The van der Waals surface area contributed by atoms with Gasteiger partial charge in [0.2, 0.25) is 11.0 Å². The molecule has 0 atom stereocenters. The van der Waals surface area contributed by atoms with Gasteiger partial charge in [0.05, 0.1) is 0 Å². The first-order valence-corrected chi connectivity index (χ1v) is 12.7. The average molecular weight is 494 g/mol. The van der Waals surface area contributed by atoms with Crippen LogP contribution in [0.2, 0.25) is 0 Å². The highest BCUT2D eigenvalue weighted by Gasteiger charge is 2.30. The maximum absolute atomic E-state index is 13.1. The van der Waals surface area contributed by atoms with Crippen LogP contribution >= 0.6 is 22.9 Å². The quantitative estimate of drug-likeness (QED) is 0.506. The minimum Gasteiger partial charge on any atom is -0.366 e. The third kappa shape index (κ3) is 5.21. The van der Waals surface area contributed by atoms with Crippen LogP contribution in [0.4, 0.5) is 9.52 Å². The SMILES string of the molecule is NC(=O)C=Cc1ccc(S(=O)(=O)N2CCN(c3nc(Cc4ccc(F)cc4)ns3)CC2)s1. The number of thiophene rings is 1. The Morgan fingerprint density at radius 3 is 2.53 bits per heavy atom. The van der Waals surface area contributed by atoms with Gasteiger partial charge < -0.3 is 10.6 Å². The first kappa shape index (κ1) is 22.5. The second kappa shape index (κ2) is 9.45. The van der Waals surface area contributed by atoms with Crippen LogP contribution in [0.25, 0.3) is 6.08 Å². The zero-order valence-electron chi connectivity index (χ0n) is 16.8. The Morgan fingerprint density at radius 2 is 1.84 bits per heavy atom. The summed E-state index contributed by atoms with van der Waals surface area (Å²) in [6.45, 7) is 1.67. The molecule has 0 bridgehead atoms. The van der Waals surface area contributed by atoms with E-state index in [4.69, 9.17) is 5.73 Å². The van der Waals surface area contributed by atoms with Gasteiger partial charge in [-0.15, -0.1) is 11.3 Å². The molecule has 32 heavy (non-hydrogen) atoms. The fourth-order valence-corrected chi connectivity index (χ4v) is 6.75. The molecule has 3 heterocycles. The minimum absolute atomic E-state index is 0.229. The lowest BCUT2D eigenvalue weighted by Gasteiger charge is -2.33. The molecule has 1 saturated heterocycles. The van der Waals surface area contributed by atoms with E-state index in [2.05, 4.69) is 9.36 Å². The van der Waals surface area contributed by atoms with Crippen LogP contribution in [-0.4, -0.2) is 54.2 Å². The molecule has 0 spiro atoms. The second-order valence-electron chi connectivity index (χ2n) is 7.08. The molecule has 0 saturated carbocycles. The summed E-state index contributed by atoms with van der Waals surface area (Å²) in [7, 11) is -3.61. The van der Waals surface area contributed by atoms with Crippen LogP contribution in [0, 0.1) is 5.82 Å². The number of primary amides is 1. The third-order valence-electron chi connectivity index (χ3n) is 4.85. The van der Waals surface area contributed by atoms with Gasteiger partial charge in [0, 0.05) is 55.1 Å². The first-order chi connectivity index (χ1) is 15.3. The van der Waals surface area contributed by atoms with E-state index in [1.165, 1.54) is 40.1 Å². The zero-order chi connectivity index (χ0) is 22.7. The number of aromatic nitrogens is 2. The molecule has 1 aliphatic rings. The van der Waals surface area contributed by atoms with Crippen molar-refractivity contribution < 1.29 is 17.6 Å². The number of sulfonamides is 1. The molecular formula is C20H20FN5O3S3. The van der Waals surface area contributed by atoms with Crippen molar-refractivity contribution in [2.75, 3.05) is 31.1 Å². The molecule has 1 fully saturated rings. The maximum Gasteiger partial charge on any atom is 0.252 e. The zero-order valence-corrected chi connectivity index (χ0v) is 19.3. The normalized spacial score (nSPS) is 15.5. The molecule has 8 nitrogen and oxygen atoms in total. The third-order valence-corrected chi connectivity index (χ3v) is 9.08. The van der Waals surface area contributed by atoms with Crippen LogP contribution in [0.5, 0.6) is 0 Å². The number of amides is 1. The Kier molecular flexibility index (Phi) is 6.65. The Balaban J connectivity index is 1.37. The van der Waals surface area contributed by atoms with Gasteiger partial charge in [-0.25, -0.2) is 17.8 Å². The summed E-state index contributed by atoms with van der Waals surface area (Å²) in [5.41, 5.74) is 6.01. The fraction of sp³-hybridized carbons (Fsp3) is 0.250. The number of halogens is 1. The summed E-state index contributed by atoms with van der Waals surface area (Å²) < 4.78 is 45.1. The largest absolute Gasteiger partial charge is 0.366 e. The number of nitrogens with two attached hydrogens (primary N) is 1. The molecule has 4 rings (SSSR count). The van der Waals surface area contributed by atoms with E-state index in [0.717, 1.165) is 22.0 Å². The second-order valence-corrected chi connectivity index (χ2v) is 11.1. The lowest BCUT2D eigenvalue weighted by atomic mass is 10.1. The molecular weight excluding hydrogens is 473 g/mol.